The molecule has 0 amide bonds. The molecule has 39 heavy (non-hydrogen) atoms. The van der Waals surface area contributed by atoms with E-state index in [0.717, 1.165) is 56.1 Å². The third kappa shape index (κ3) is 8.53. The molecule has 2 aromatic rings. The van der Waals surface area contributed by atoms with E-state index in [1.807, 2.05) is 12.2 Å². The zero-order chi connectivity index (χ0) is 27.8. The van der Waals surface area contributed by atoms with Crippen molar-refractivity contribution in [2.45, 2.75) is 94.8 Å². The second-order valence-corrected chi connectivity index (χ2v) is 13.5. The largest absolute Gasteiger partial charge is 0.428 e. The summed E-state index contributed by atoms with van der Waals surface area (Å²) in [5, 5.41) is 0. The summed E-state index contributed by atoms with van der Waals surface area (Å²) in [6, 6.07) is 21.3. The number of allylic oxidation sites excluding steroid dienone is 1. The summed E-state index contributed by atoms with van der Waals surface area (Å²) in [4.78, 5) is 0. The Morgan fingerprint density at radius 3 is 2.15 bits per heavy atom. The van der Waals surface area contributed by atoms with Crippen molar-refractivity contribution in [3.8, 4) is 11.5 Å². The van der Waals surface area contributed by atoms with E-state index < -0.39 is 14.2 Å². The molecule has 0 heterocycles. The van der Waals surface area contributed by atoms with Crippen LogP contribution in [0.15, 0.2) is 86.0 Å². The number of ether oxygens (including phenoxy) is 1. The lowest BCUT2D eigenvalue weighted by Crippen LogP contribution is -2.54. The molecule has 1 aliphatic rings. The van der Waals surface area contributed by atoms with Crippen LogP contribution in [0, 0.1) is 11.5 Å². The molecule has 0 bridgehead atoms. The molecule has 4 heteroatoms. The van der Waals surface area contributed by atoms with Gasteiger partial charge < -0.3 is 13.6 Å². The van der Waals surface area contributed by atoms with Gasteiger partial charge in [-0.1, -0.05) is 123 Å². The molecule has 2 unspecified atom stereocenters. The van der Waals surface area contributed by atoms with Crippen LogP contribution >= 0.6 is 0 Å². The van der Waals surface area contributed by atoms with E-state index in [9.17, 15) is 0 Å². The summed E-state index contributed by atoms with van der Waals surface area (Å²) < 4.78 is 20.4. The maximum atomic E-state index is 7.72. The fourth-order valence-electron chi connectivity index (χ4n) is 5.78. The van der Waals surface area contributed by atoms with Crippen molar-refractivity contribution in [1.29, 1.82) is 0 Å². The zero-order valence-electron chi connectivity index (χ0n) is 24.2. The molecule has 210 valence electrons. The minimum absolute atomic E-state index is 0.0433. The van der Waals surface area contributed by atoms with Gasteiger partial charge in [-0.15, -0.1) is 13.2 Å². The van der Waals surface area contributed by atoms with Crippen LogP contribution in [0.5, 0.6) is 0 Å². The molecule has 0 saturated heterocycles. The minimum Gasteiger partial charge on any atom is -0.382 e. The SMILES string of the molecule is C=CCCC(O[Si](C#CCOC)(OC(CC=C)CCCCC)C1CCCC1)(c1ccccc1)c1ccccc1. The van der Waals surface area contributed by atoms with Gasteiger partial charge in [0.2, 0.25) is 0 Å². The van der Waals surface area contributed by atoms with Crippen LogP contribution in [-0.2, 0) is 19.2 Å². The Hall–Kier alpha value is -2.42. The van der Waals surface area contributed by atoms with Crippen molar-refractivity contribution in [2.75, 3.05) is 13.7 Å². The fraction of sp³-hybridized carbons (Fsp3) is 0.486. The van der Waals surface area contributed by atoms with Crippen molar-refractivity contribution in [3.05, 3.63) is 97.1 Å². The highest BCUT2D eigenvalue weighted by atomic mass is 28.4. The van der Waals surface area contributed by atoms with Crippen molar-refractivity contribution >= 4 is 8.56 Å². The number of hydrogen-bond donors (Lipinski definition) is 0. The van der Waals surface area contributed by atoms with Crippen molar-refractivity contribution in [2.24, 2.45) is 0 Å². The Morgan fingerprint density at radius 1 is 0.974 bits per heavy atom. The first-order chi connectivity index (χ1) is 19.1. The van der Waals surface area contributed by atoms with Crippen molar-refractivity contribution in [1.82, 2.24) is 0 Å². The smallest absolute Gasteiger partial charge is 0.382 e. The molecule has 1 aliphatic carbocycles. The highest BCUT2D eigenvalue weighted by molar-refractivity contribution is 6.77. The van der Waals surface area contributed by atoms with Crippen LogP contribution in [0.2, 0.25) is 5.54 Å². The normalized spacial score (nSPS) is 16.2. The number of benzene rings is 2. The Balaban J connectivity index is 2.21. The second-order valence-electron chi connectivity index (χ2n) is 10.6. The summed E-state index contributed by atoms with van der Waals surface area (Å²) in [5.41, 5.74) is 5.56. The van der Waals surface area contributed by atoms with Gasteiger partial charge in [-0.3, -0.25) is 0 Å². The fourth-order valence-corrected chi connectivity index (χ4v) is 9.55. The average molecular weight is 545 g/mol. The highest BCUT2D eigenvalue weighted by Crippen LogP contribution is 2.48. The predicted molar refractivity (Wildman–Crippen MR) is 166 cm³/mol. The number of unbranched alkanes of at least 4 members (excludes halogenated alkanes) is 2. The lowest BCUT2D eigenvalue weighted by molar-refractivity contribution is 0.0239. The Bertz CT molecular complexity index is 996. The van der Waals surface area contributed by atoms with Crippen LogP contribution in [-0.4, -0.2) is 28.4 Å². The number of rotatable bonds is 17. The van der Waals surface area contributed by atoms with E-state index in [-0.39, 0.29) is 6.10 Å². The monoisotopic (exact) mass is 544 g/mol. The quantitative estimate of drug-likeness (QED) is 0.0860. The van der Waals surface area contributed by atoms with Gasteiger partial charge in [0, 0.05) is 12.7 Å². The van der Waals surface area contributed by atoms with E-state index in [0.29, 0.717) is 12.1 Å². The zero-order valence-corrected chi connectivity index (χ0v) is 25.2. The van der Waals surface area contributed by atoms with Crippen LogP contribution < -0.4 is 0 Å². The Kier molecular flexibility index (Phi) is 13.3. The van der Waals surface area contributed by atoms with Crippen molar-refractivity contribution in [3.63, 3.8) is 0 Å². The Morgan fingerprint density at radius 2 is 1.62 bits per heavy atom. The summed E-state index contributed by atoms with van der Waals surface area (Å²) in [7, 11) is -1.44. The highest BCUT2D eigenvalue weighted by Gasteiger charge is 2.54. The van der Waals surface area contributed by atoms with Crippen LogP contribution in [0.4, 0.5) is 0 Å². The standard InChI is InChI=1S/C35H48O3Si/c1-5-8-12-25-33(20-7-3)37-39(30-19-29-36-4,34-26-17-18-27-34)38-35(28-9-6-2,31-21-13-10-14-22-31)32-23-15-11-16-24-32/h6-7,10-11,13-16,21-24,33-34H,2-3,5,8-9,12,17-18,20,25-29H2,1,4H3. The van der Waals surface area contributed by atoms with Gasteiger partial charge in [0.25, 0.3) is 0 Å². The molecule has 0 N–H and O–H groups in total. The summed E-state index contributed by atoms with van der Waals surface area (Å²) >= 11 is 0. The van der Waals surface area contributed by atoms with E-state index >= 15 is 0 Å². The molecular weight excluding hydrogens is 496 g/mol. The number of methoxy groups -OCH3 is 1. The van der Waals surface area contributed by atoms with Gasteiger partial charge in [-0.25, -0.2) is 0 Å². The molecular formula is C35H48O3Si. The van der Waals surface area contributed by atoms with Gasteiger partial charge >= 0.3 is 8.56 Å². The lowest BCUT2D eigenvalue weighted by atomic mass is 9.82. The molecule has 0 aliphatic heterocycles. The van der Waals surface area contributed by atoms with Crippen LogP contribution in [0.1, 0.15) is 88.7 Å². The molecule has 1 fully saturated rings. The topological polar surface area (TPSA) is 27.7 Å². The second kappa shape index (κ2) is 16.6. The molecule has 0 spiro atoms. The Labute approximate surface area is 238 Å². The third-order valence-corrected chi connectivity index (χ3v) is 11.3. The first-order valence-electron chi connectivity index (χ1n) is 14.8. The van der Waals surface area contributed by atoms with Gasteiger partial charge in [-0.2, -0.15) is 0 Å². The molecule has 3 nitrogen and oxygen atoms in total. The summed E-state index contributed by atoms with van der Waals surface area (Å²) in [6.07, 6.45) is 15.5. The molecule has 2 aromatic carbocycles. The third-order valence-electron chi connectivity index (χ3n) is 7.78. The maximum absolute atomic E-state index is 7.72. The first-order valence-corrected chi connectivity index (χ1v) is 16.7. The van der Waals surface area contributed by atoms with E-state index in [1.54, 1.807) is 7.11 Å². The minimum atomic E-state index is -3.13. The summed E-state index contributed by atoms with van der Waals surface area (Å²) in [5.74, 6) is 3.34. The molecule has 2 atom stereocenters. The molecule has 1 saturated carbocycles. The van der Waals surface area contributed by atoms with E-state index in [4.69, 9.17) is 13.6 Å². The first kappa shape index (κ1) is 31.1. The summed E-state index contributed by atoms with van der Waals surface area (Å²) in [6.45, 7) is 10.8. The molecule has 0 radical (unpaired) electrons. The van der Waals surface area contributed by atoms with Gasteiger partial charge in [-0.05, 0) is 49.7 Å². The van der Waals surface area contributed by atoms with Gasteiger partial charge in [0.15, 0.2) is 0 Å². The number of hydrogen-bond acceptors (Lipinski definition) is 3. The van der Waals surface area contributed by atoms with Crippen LogP contribution in [0.3, 0.4) is 0 Å². The van der Waals surface area contributed by atoms with Gasteiger partial charge in [0.05, 0.1) is 6.10 Å². The van der Waals surface area contributed by atoms with Gasteiger partial charge in [0.1, 0.15) is 12.2 Å². The maximum Gasteiger partial charge on any atom is 0.428 e. The molecule has 3 rings (SSSR count). The van der Waals surface area contributed by atoms with Crippen LogP contribution in [0.25, 0.3) is 0 Å². The lowest BCUT2D eigenvalue weighted by Gasteiger charge is -2.44. The van der Waals surface area contributed by atoms with Crippen molar-refractivity contribution < 1.29 is 13.6 Å². The van der Waals surface area contributed by atoms with E-state index in [1.165, 1.54) is 25.7 Å². The van der Waals surface area contributed by atoms with E-state index in [2.05, 4.69) is 92.2 Å². The molecule has 0 aromatic heterocycles. The average Bonchev–Trinajstić information content (AvgIpc) is 3.52. The predicted octanol–water partition coefficient (Wildman–Crippen LogP) is 9.03.